The molecule has 2 aromatic rings. The molecule has 0 aliphatic rings. The first kappa shape index (κ1) is 18.1. The largest absolute Gasteiger partial charge is 0.478 e. The van der Waals surface area contributed by atoms with E-state index < -0.39 is 12.1 Å². The first-order chi connectivity index (χ1) is 11.5. The van der Waals surface area contributed by atoms with Crippen LogP contribution in [0.5, 0.6) is 0 Å². The Kier molecular flexibility index (Phi) is 6.93. The Hall–Kier alpha value is -2.21. The molecule has 128 valence electrons. The number of nitrogens with zero attached hydrogens (tertiary/aromatic N) is 1. The van der Waals surface area contributed by atoms with Gasteiger partial charge < -0.3 is 14.9 Å². The Bertz CT molecular complexity index is 645. The van der Waals surface area contributed by atoms with Crippen LogP contribution in [0, 0.1) is 0 Å². The average Bonchev–Trinajstić information content (AvgIpc) is 2.56. The summed E-state index contributed by atoms with van der Waals surface area (Å²) in [5.74, 6) is -0.936. The van der Waals surface area contributed by atoms with E-state index >= 15 is 0 Å². The number of hydrogen-bond donors (Lipinski definition) is 2. The summed E-state index contributed by atoms with van der Waals surface area (Å²) in [4.78, 5) is 12.9. The first-order valence-corrected chi connectivity index (χ1v) is 7.85. The van der Waals surface area contributed by atoms with Crippen LogP contribution in [0.25, 0.3) is 0 Å². The maximum absolute atomic E-state index is 11.0. The van der Waals surface area contributed by atoms with E-state index in [0.717, 1.165) is 11.1 Å². The second kappa shape index (κ2) is 9.17. The number of ether oxygens (including phenoxy) is 1. The van der Waals surface area contributed by atoms with E-state index in [0.29, 0.717) is 19.7 Å². The summed E-state index contributed by atoms with van der Waals surface area (Å²) in [5.41, 5.74) is 2.24. The molecule has 0 saturated carbocycles. The van der Waals surface area contributed by atoms with Crippen LogP contribution in [-0.4, -0.2) is 47.4 Å². The van der Waals surface area contributed by atoms with Crippen molar-refractivity contribution in [3.63, 3.8) is 0 Å². The van der Waals surface area contributed by atoms with Crippen molar-refractivity contribution in [3.8, 4) is 0 Å². The van der Waals surface area contributed by atoms with Crippen molar-refractivity contribution in [1.29, 1.82) is 0 Å². The Morgan fingerprint density at radius 2 is 1.83 bits per heavy atom. The topological polar surface area (TPSA) is 70.0 Å². The summed E-state index contributed by atoms with van der Waals surface area (Å²) in [6.45, 7) is 1.75. The number of hydrogen-bond acceptors (Lipinski definition) is 4. The van der Waals surface area contributed by atoms with Gasteiger partial charge in [-0.05, 0) is 30.3 Å². The van der Waals surface area contributed by atoms with Crippen molar-refractivity contribution in [3.05, 3.63) is 71.3 Å². The highest BCUT2D eigenvalue weighted by Gasteiger charge is 2.10. The van der Waals surface area contributed by atoms with E-state index in [4.69, 9.17) is 9.84 Å². The van der Waals surface area contributed by atoms with Gasteiger partial charge in [0.2, 0.25) is 0 Å². The number of likely N-dealkylation sites (N-methyl/N-ethyl adjacent to an activating group) is 1. The lowest BCUT2D eigenvalue weighted by molar-refractivity contribution is 0.0127. The number of aromatic carboxylic acids is 1. The van der Waals surface area contributed by atoms with Crippen LogP contribution < -0.4 is 0 Å². The molecule has 0 heterocycles. The minimum Gasteiger partial charge on any atom is -0.478 e. The molecule has 0 saturated heterocycles. The number of carboxylic acid groups (broad SMARTS) is 1. The number of aliphatic hydroxyl groups excluding tert-OH is 1. The van der Waals surface area contributed by atoms with Crippen molar-refractivity contribution in [2.24, 2.45) is 0 Å². The van der Waals surface area contributed by atoms with Crippen LogP contribution in [0.3, 0.4) is 0 Å². The molecule has 0 aliphatic carbocycles. The molecule has 1 unspecified atom stereocenters. The van der Waals surface area contributed by atoms with Crippen LogP contribution >= 0.6 is 0 Å². The van der Waals surface area contributed by atoms with Crippen molar-refractivity contribution in [2.45, 2.75) is 19.3 Å². The Morgan fingerprint density at radius 3 is 2.54 bits per heavy atom. The van der Waals surface area contributed by atoms with Crippen molar-refractivity contribution < 1.29 is 19.7 Å². The highest BCUT2D eigenvalue weighted by atomic mass is 16.5. The summed E-state index contributed by atoms with van der Waals surface area (Å²) in [6.07, 6.45) is -0.596. The van der Waals surface area contributed by atoms with Crippen molar-refractivity contribution in [1.82, 2.24) is 4.90 Å². The fraction of sp³-hybridized carbons (Fsp3) is 0.316. The quantitative estimate of drug-likeness (QED) is 0.739. The van der Waals surface area contributed by atoms with Crippen LogP contribution in [0.4, 0.5) is 0 Å². The van der Waals surface area contributed by atoms with Crippen molar-refractivity contribution in [2.75, 3.05) is 20.2 Å². The highest BCUT2D eigenvalue weighted by Crippen LogP contribution is 2.08. The van der Waals surface area contributed by atoms with Gasteiger partial charge >= 0.3 is 5.97 Å². The SMILES string of the molecule is CN(Cc1cccc(C(=O)O)c1)CC(O)COCc1ccccc1. The fourth-order valence-electron chi connectivity index (χ4n) is 2.48. The van der Waals surface area contributed by atoms with Gasteiger partial charge in [-0.2, -0.15) is 0 Å². The summed E-state index contributed by atoms with van der Waals surface area (Å²) in [7, 11) is 1.88. The van der Waals surface area contributed by atoms with Gasteiger partial charge in [-0.25, -0.2) is 4.79 Å². The zero-order chi connectivity index (χ0) is 17.4. The normalized spacial score (nSPS) is 12.3. The van der Waals surface area contributed by atoms with Gasteiger partial charge in [-0.1, -0.05) is 42.5 Å². The molecule has 5 nitrogen and oxygen atoms in total. The molecule has 0 amide bonds. The van der Waals surface area contributed by atoms with E-state index in [9.17, 15) is 9.90 Å². The highest BCUT2D eigenvalue weighted by molar-refractivity contribution is 5.87. The third kappa shape index (κ3) is 6.12. The smallest absolute Gasteiger partial charge is 0.335 e. The first-order valence-electron chi connectivity index (χ1n) is 7.85. The van der Waals surface area contributed by atoms with Gasteiger partial charge in [0.1, 0.15) is 0 Å². The molecule has 24 heavy (non-hydrogen) atoms. The third-order valence-electron chi connectivity index (χ3n) is 3.57. The lowest BCUT2D eigenvalue weighted by atomic mass is 10.1. The summed E-state index contributed by atoms with van der Waals surface area (Å²) in [5, 5.41) is 19.1. The number of aliphatic hydroxyl groups is 1. The zero-order valence-electron chi connectivity index (χ0n) is 13.8. The minimum atomic E-state index is -0.936. The molecule has 1 atom stereocenters. The molecule has 0 spiro atoms. The molecule has 0 bridgehead atoms. The summed E-state index contributed by atoms with van der Waals surface area (Å²) < 4.78 is 5.53. The predicted molar refractivity (Wildman–Crippen MR) is 91.8 cm³/mol. The maximum Gasteiger partial charge on any atom is 0.335 e. The molecular weight excluding hydrogens is 306 g/mol. The van der Waals surface area contributed by atoms with E-state index in [1.165, 1.54) is 0 Å². The number of benzene rings is 2. The Morgan fingerprint density at radius 1 is 1.12 bits per heavy atom. The molecule has 2 rings (SSSR count). The number of rotatable bonds is 9. The van der Waals surface area contributed by atoms with Gasteiger partial charge in [-0.15, -0.1) is 0 Å². The molecular formula is C19H23NO4. The monoisotopic (exact) mass is 329 g/mol. The maximum atomic E-state index is 11.0. The molecule has 5 heteroatoms. The minimum absolute atomic E-state index is 0.258. The van der Waals surface area contributed by atoms with Crippen molar-refractivity contribution >= 4 is 5.97 Å². The molecule has 0 radical (unpaired) electrons. The van der Waals surface area contributed by atoms with E-state index in [2.05, 4.69) is 0 Å². The molecule has 0 aliphatic heterocycles. The summed E-state index contributed by atoms with van der Waals surface area (Å²) >= 11 is 0. The van der Waals surface area contributed by atoms with Crippen LogP contribution in [0.2, 0.25) is 0 Å². The standard InChI is InChI=1S/C19H23NO4/c1-20(11-16-8-5-9-17(10-16)19(22)23)12-18(21)14-24-13-15-6-3-2-4-7-15/h2-10,18,21H,11-14H2,1H3,(H,22,23). The van der Waals surface area contributed by atoms with Gasteiger partial charge in [0, 0.05) is 13.1 Å². The Balaban J connectivity index is 1.74. The van der Waals surface area contributed by atoms with E-state index in [1.807, 2.05) is 48.3 Å². The molecule has 2 aromatic carbocycles. The van der Waals surface area contributed by atoms with E-state index in [1.54, 1.807) is 18.2 Å². The number of carboxylic acids is 1. The lowest BCUT2D eigenvalue weighted by Crippen LogP contribution is -2.31. The van der Waals surface area contributed by atoms with Gasteiger partial charge in [0.15, 0.2) is 0 Å². The van der Waals surface area contributed by atoms with Crippen LogP contribution in [0.15, 0.2) is 54.6 Å². The number of carbonyl (C=O) groups is 1. The average molecular weight is 329 g/mol. The van der Waals surface area contributed by atoms with Gasteiger partial charge in [0.25, 0.3) is 0 Å². The Labute approximate surface area is 142 Å². The molecule has 0 aromatic heterocycles. The second-order valence-electron chi connectivity index (χ2n) is 5.86. The lowest BCUT2D eigenvalue weighted by Gasteiger charge is -2.20. The van der Waals surface area contributed by atoms with Crippen LogP contribution in [-0.2, 0) is 17.9 Å². The fourth-order valence-corrected chi connectivity index (χ4v) is 2.48. The molecule has 2 N–H and O–H groups in total. The van der Waals surface area contributed by atoms with Crippen LogP contribution in [0.1, 0.15) is 21.5 Å². The predicted octanol–water partition coefficient (Wildman–Crippen LogP) is 2.39. The summed E-state index contributed by atoms with van der Waals surface area (Å²) in [6, 6.07) is 16.6. The van der Waals surface area contributed by atoms with E-state index in [-0.39, 0.29) is 12.2 Å². The molecule has 0 fully saturated rings. The third-order valence-corrected chi connectivity index (χ3v) is 3.57. The second-order valence-corrected chi connectivity index (χ2v) is 5.86. The van der Waals surface area contributed by atoms with Gasteiger partial charge in [-0.3, -0.25) is 4.90 Å². The zero-order valence-corrected chi connectivity index (χ0v) is 13.8. The van der Waals surface area contributed by atoms with Gasteiger partial charge in [0.05, 0.1) is 24.9 Å².